The van der Waals surface area contributed by atoms with Gasteiger partial charge in [0.25, 0.3) is 0 Å². The molecule has 26 heavy (non-hydrogen) atoms. The zero-order valence-electron chi connectivity index (χ0n) is 14.5. The first-order valence-electron chi connectivity index (χ1n) is 8.46. The summed E-state index contributed by atoms with van der Waals surface area (Å²) < 4.78 is 10.3. The summed E-state index contributed by atoms with van der Waals surface area (Å²) in [5.41, 5.74) is 3.77. The van der Waals surface area contributed by atoms with E-state index in [1.54, 1.807) is 12.1 Å². The van der Waals surface area contributed by atoms with Crippen molar-refractivity contribution >= 4 is 5.97 Å². The number of hydrogen-bond donors (Lipinski definition) is 1. The van der Waals surface area contributed by atoms with Gasteiger partial charge in [-0.05, 0) is 36.6 Å². The van der Waals surface area contributed by atoms with Crippen LogP contribution in [-0.4, -0.2) is 25.2 Å². The van der Waals surface area contributed by atoms with E-state index in [0.29, 0.717) is 12.2 Å². The lowest BCUT2D eigenvalue weighted by Gasteiger charge is -2.37. The molecule has 0 saturated carbocycles. The van der Waals surface area contributed by atoms with Crippen molar-refractivity contribution in [2.45, 2.75) is 31.3 Å². The van der Waals surface area contributed by atoms with Gasteiger partial charge in [-0.1, -0.05) is 6.58 Å². The highest BCUT2D eigenvalue weighted by Gasteiger charge is 2.45. The van der Waals surface area contributed by atoms with Crippen LogP contribution in [0.3, 0.4) is 0 Å². The molecule has 0 amide bonds. The van der Waals surface area contributed by atoms with Gasteiger partial charge in [0.15, 0.2) is 0 Å². The maximum absolute atomic E-state index is 11.6. The molecule has 0 spiro atoms. The summed E-state index contributed by atoms with van der Waals surface area (Å²) in [4.78, 5) is 11.6. The van der Waals surface area contributed by atoms with Crippen LogP contribution in [0.5, 0.6) is 0 Å². The number of carbonyl (C=O) groups is 1. The largest absolute Gasteiger partial charge is 0.463 e. The van der Waals surface area contributed by atoms with Gasteiger partial charge in [-0.25, -0.2) is 4.79 Å². The average Bonchev–Trinajstić information content (AvgIpc) is 3.29. The smallest absolute Gasteiger partial charge is 0.373 e. The van der Waals surface area contributed by atoms with Crippen LogP contribution < -0.4 is 5.32 Å². The molecule has 4 atom stereocenters. The van der Waals surface area contributed by atoms with Crippen LogP contribution in [0.4, 0.5) is 0 Å². The zero-order valence-corrected chi connectivity index (χ0v) is 14.5. The van der Waals surface area contributed by atoms with Gasteiger partial charge in [-0.15, -0.1) is 5.73 Å². The summed E-state index contributed by atoms with van der Waals surface area (Å²) >= 11 is 0. The van der Waals surface area contributed by atoms with Crippen molar-refractivity contribution in [3.05, 3.63) is 53.2 Å². The number of carbonyl (C=O) groups excluding carboxylic acids is 1. The summed E-state index contributed by atoms with van der Waals surface area (Å²) in [7, 11) is 1.30. The molecular formula is C20H19N3O3. The second kappa shape index (κ2) is 7.45. The van der Waals surface area contributed by atoms with Gasteiger partial charge in [0.1, 0.15) is 23.5 Å². The van der Waals surface area contributed by atoms with Crippen LogP contribution in [0, 0.1) is 34.5 Å². The number of esters is 1. The third-order valence-electron chi connectivity index (χ3n) is 5.17. The Kier molecular flexibility index (Phi) is 5.09. The van der Waals surface area contributed by atoms with Crippen molar-refractivity contribution in [3.63, 3.8) is 0 Å². The normalized spacial score (nSPS) is 26.3. The third kappa shape index (κ3) is 3.09. The Balaban J connectivity index is 2.00. The fourth-order valence-corrected chi connectivity index (χ4v) is 4.09. The van der Waals surface area contributed by atoms with E-state index < -0.39 is 5.97 Å². The number of methoxy groups -OCH3 is 1. The van der Waals surface area contributed by atoms with E-state index in [4.69, 9.17) is 4.42 Å². The molecular weight excluding hydrogens is 330 g/mol. The monoisotopic (exact) mass is 349 g/mol. The Morgan fingerprint density at radius 3 is 2.77 bits per heavy atom. The lowest BCUT2D eigenvalue weighted by Crippen LogP contribution is -2.47. The van der Waals surface area contributed by atoms with Gasteiger partial charge in [0.05, 0.1) is 7.11 Å². The second-order valence-corrected chi connectivity index (χ2v) is 6.48. The maximum atomic E-state index is 11.6. The standard InChI is InChI=1S/C20H19N3O3/c1-3-4-14-16-6-7-17(23-16)15(19(14)12(10-21)11-22)9-13-5-8-18(26-13)20(24)25-2/h4-5,8,14-17,23H,1,6-7,9H2,2H3/t14-,15+,16-,17+/m0/s1. The number of hydrogen-bond acceptors (Lipinski definition) is 6. The quantitative estimate of drug-likeness (QED) is 0.510. The van der Waals surface area contributed by atoms with E-state index in [1.807, 2.05) is 18.2 Å². The van der Waals surface area contributed by atoms with Crippen LogP contribution in [0.25, 0.3) is 0 Å². The van der Waals surface area contributed by atoms with E-state index in [-0.39, 0.29) is 35.3 Å². The first-order valence-corrected chi connectivity index (χ1v) is 8.46. The molecule has 132 valence electrons. The Bertz CT molecular complexity index is 861. The number of nitriles is 2. The highest BCUT2D eigenvalue weighted by atomic mass is 16.5. The van der Waals surface area contributed by atoms with E-state index in [1.165, 1.54) is 7.11 Å². The lowest BCUT2D eigenvalue weighted by molar-refractivity contribution is 0.0562. The Morgan fingerprint density at radius 1 is 1.38 bits per heavy atom. The Morgan fingerprint density at radius 2 is 2.12 bits per heavy atom. The molecule has 3 rings (SSSR count). The molecule has 1 aromatic heterocycles. The predicted molar refractivity (Wildman–Crippen MR) is 92.6 cm³/mol. The highest BCUT2D eigenvalue weighted by molar-refractivity contribution is 5.86. The number of rotatable bonds is 4. The molecule has 2 saturated heterocycles. The van der Waals surface area contributed by atoms with Crippen LogP contribution in [0.2, 0.25) is 0 Å². The van der Waals surface area contributed by atoms with E-state index in [0.717, 1.165) is 18.4 Å². The zero-order chi connectivity index (χ0) is 18.7. The molecule has 1 N–H and O–H groups in total. The van der Waals surface area contributed by atoms with Crippen molar-refractivity contribution in [1.29, 1.82) is 10.5 Å². The minimum atomic E-state index is -0.531. The maximum Gasteiger partial charge on any atom is 0.373 e. The summed E-state index contributed by atoms with van der Waals surface area (Å²) in [6, 6.07) is 7.75. The number of nitrogens with zero attached hydrogens (tertiary/aromatic N) is 2. The molecule has 0 aromatic carbocycles. The minimum absolute atomic E-state index is 0.0747. The van der Waals surface area contributed by atoms with E-state index >= 15 is 0 Å². The van der Waals surface area contributed by atoms with Crippen molar-refractivity contribution in [2.24, 2.45) is 11.8 Å². The van der Waals surface area contributed by atoms with Crippen LogP contribution >= 0.6 is 0 Å². The number of fused-ring (bicyclic) bond motifs is 2. The van der Waals surface area contributed by atoms with Crippen LogP contribution in [0.1, 0.15) is 29.2 Å². The highest BCUT2D eigenvalue weighted by Crippen LogP contribution is 2.43. The SMILES string of the molecule is C=C=C[C@@H]1C(=C(C#N)C#N)[C@H](Cc2ccc(C(=O)OC)o2)[C@H]2CC[C@@H]1N2. The topological polar surface area (TPSA) is 99.1 Å². The summed E-state index contributed by atoms with van der Waals surface area (Å²) in [6.07, 6.45) is 4.24. The van der Waals surface area contributed by atoms with Gasteiger partial charge in [-0.2, -0.15) is 10.5 Å². The molecule has 6 nitrogen and oxygen atoms in total. The fraction of sp³-hybridized carbons (Fsp3) is 0.400. The van der Waals surface area contributed by atoms with Gasteiger partial charge < -0.3 is 14.5 Å². The van der Waals surface area contributed by atoms with E-state index in [9.17, 15) is 15.3 Å². The second-order valence-electron chi connectivity index (χ2n) is 6.48. The first-order chi connectivity index (χ1) is 12.6. The van der Waals surface area contributed by atoms with Gasteiger partial charge in [0, 0.05) is 30.3 Å². The number of piperidine rings is 1. The molecule has 6 heteroatoms. The number of allylic oxidation sites excluding steroid dienone is 1. The number of ether oxygens (including phenoxy) is 1. The molecule has 2 bridgehead atoms. The molecule has 0 radical (unpaired) electrons. The van der Waals surface area contributed by atoms with Gasteiger partial charge in [0.2, 0.25) is 5.76 Å². The van der Waals surface area contributed by atoms with Crippen LogP contribution in [0.15, 0.2) is 46.1 Å². The van der Waals surface area contributed by atoms with Crippen molar-refractivity contribution in [1.82, 2.24) is 5.32 Å². The van der Waals surface area contributed by atoms with Gasteiger partial charge in [-0.3, -0.25) is 0 Å². The van der Waals surface area contributed by atoms with Crippen LogP contribution in [-0.2, 0) is 11.2 Å². The molecule has 2 aliphatic heterocycles. The Hall–Kier alpha value is -3.05. The molecule has 1 aromatic rings. The number of nitrogens with one attached hydrogen (secondary N) is 1. The molecule has 2 aliphatic rings. The minimum Gasteiger partial charge on any atom is -0.463 e. The van der Waals surface area contributed by atoms with Crippen molar-refractivity contribution < 1.29 is 13.9 Å². The average molecular weight is 349 g/mol. The summed E-state index contributed by atoms with van der Waals surface area (Å²) in [5.74, 6) is 0.0628. The number of furan rings is 1. The Labute approximate surface area is 152 Å². The van der Waals surface area contributed by atoms with Crippen molar-refractivity contribution in [2.75, 3.05) is 7.11 Å². The first kappa shape index (κ1) is 17.8. The summed E-state index contributed by atoms with van der Waals surface area (Å²) in [5, 5.41) is 22.5. The predicted octanol–water partition coefficient (Wildman–Crippen LogP) is 2.66. The molecule has 2 fully saturated rings. The van der Waals surface area contributed by atoms with Gasteiger partial charge >= 0.3 is 5.97 Å². The third-order valence-corrected chi connectivity index (χ3v) is 5.17. The summed E-state index contributed by atoms with van der Waals surface area (Å²) in [6.45, 7) is 3.66. The van der Waals surface area contributed by atoms with E-state index in [2.05, 4.69) is 22.4 Å². The lowest BCUT2D eigenvalue weighted by atomic mass is 9.75. The molecule has 0 aliphatic carbocycles. The van der Waals surface area contributed by atoms with Crippen molar-refractivity contribution in [3.8, 4) is 12.1 Å². The fourth-order valence-electron chi connectivity index (χ4n) is 4.09. The molecule has 3 heterocycles. The molecule has 0 unspecified atom stereocenters.